The first kappa shape index (κ1) is 13.0. The quantitative estimate of drug-likeness (QED) is 0.635. The Morgan fingerprint density at radius 3 is 1.11 bits per heavy atom. The first-order valence-corrected chi connectivity index (χ1v) is 4.93. The summed E-state index contributed by atoms with van der Waals surface area (Å²) in [5.41, 5.74) is 0. The van der Waals surface area contributed by atoms with Gasteiger partial charge in [0, 0.05) is 0 Å². The lowest BCUT2D eigenvalue weighted by Gasteiger charge is -1.93. The summed E-state index contributed by atoms with van der Waals surface area (Å²) >= 11 is 0. The maximum absolute atomic E-state index is 4.06. The van der Waals surface area contributed by atoms with Gasteiger partial charge in [0.1, 0.15) is 0 Å². The summed E-state index contributed by atoms with van der Waals surface area (Å²) in [6.07, 6.45) is 4.36. The minimum atomic E-state index is 0.298. The van der Waals surface area contributed by atoms with Crippen molar-refractivity contribution in [2.45, 2.75) is 0 Å². The van der Waals surface area contributed by atoms with Crippen LogP contribution in [0, 0.1) is 35.5 Å². The lowest BCUT2D eigenvalue weighted by atomic mass is 10.4. The van der Waals surface area contributed by atoms with Gasteiger partial charge in [0.15, 0.2) is 0 Å². The van der Waals surface area contributed by atoms with Gasteiger partial charge in [-0.1, -0.05) is 37.5 Å². The van der Waals surface area contributed by atoms with E-state index in [2.05, 4.69) is 70.2 Å². The van der Waals surface area contributed by atoms with Crippen molar-refractivity contribution in [2.24, 2.45) is 0 Å². The number of rotatable bonds is 0. The molecule has 0 saturated heterocycles. The molecule has 1 heterocycles. The van der Waals surface area contributed by atoms with E-state index in [-0.39, 0.29) is 0 Å². The number of hydrogen-bond donors (Lipinski definition) is 0. The zero-order valence-corrected chi connectivity index (χ0v) is 9.70. The molecule has 0 saturated carbocycles. The molecule has 0 bridgehead atoms. The van der Waals surface area contributed by atoms with E-state index in [0.29, 0.717) is 17.5 Å². The van der Waals surface area contributed by atoms with Crippen LogP contribution in [-0.2, 0) is 0 Å². The Hall–Kier alpha value is -3.09. The Labute approximate surface area is 106 Å². The van der Waals surface area contributed by atoms with Gasteiger partial charge in [0.2, 0.25) is 17.5 Å². The third-order valence-corrected chi connectivity index (χ3v) is 1.49. The topological polar surface area (TPSA) is 38.7 Å². The van der Waals surface area contributed by atoms with Crippen molar-refractivity contribution >= 4 is 0 Å². The van der Waals surface area contributed by atoms with Crippen LogP contribution < -0.4 is 0 Å². The van der Waals surface area contributed by atoms with Crippen molar-refractivity contribution in [3.8, 4) is 35.5 Å². The van der Waals surface area contributed by atoms with E-state index >= 15 is 0 Å². The molecule has 1 aromatic rings. The molecule has 0 aliphatic heterocycles. The van der Waals surface area contributed by atoms with E-state index in [1.165, 1.54) is 18.2 Å². The molecule has 0 atom stereocenters. The van der Waals surface area contributed by atoms with E-state index in [4.69, 9.17) is 0 Å². The van der Waals surface area contributed by atoms with Gasteiger partial charge < -0.3 is 0 Å². The number of allylic oxidation sites excluding steroid dienone is 3. The molecule has 0 N–H and O–H groups in total. The Balaban J connectivity index is 3.31. The van der Waals surface area contributed by atoms with Crippen LogP contribution in [0.15, 0.2) is 38.0 Å². The molecule has 3 heteroatoms. The molecule has 0 amide bonds. The molecule has 18 heavy (non-hydrogen) atoms. The second kappa shape index (κ2) is 7.23. The standard InChI is InChI=1S/C15H9N3/c1-4-7-10-13-16-14(11-8-5-2)18-15(17-13)12-9-6-3/h4-6H,1-3H2. The predicted octanol–water partition coefficient (Wildman–Crippen LogP) is 1.48. The van der Waals surface area contributed by atoms with Gasteiger partial charge in [-0.2, -0.15) is 15.0 Å². The summed E-state index contributed by atoms with van der Waals surface area (Å²) in [4.78, 5) is 12.2. The zero-order valence-electron chi connectivity index (χ0n) is 9.70. The smallest absolute Gasteiger partial charge is 0.193 e. The van der Waals surface area contributed by atoms with Crippen molar-refractivity contribution in [2.75, 3.05) is 0 Å². The van der Waals surface area contributed by atoms with E-state index < -0.39 is 0 Å². The summed E-state index contributed by atoms with van der Waals surface area (Å²) in [6, 6.07) is 0. The average Bonchev–Trinajstić information content (AvgIpc) is 2.40. The summed E-state index contributed by atoms with van der Waals surface area (Å²) in [6.45, 7) is 10.5. The third kappa shape index (κ3) is 4.19. The minimum absolute atomic E-state index is 0.298. The van der Waals surface area contributed by atoms with E-state index in [9.17, 15) is 0 Å². The summed E-state index contributed by atoms with van der Waals surface area (Å²) in [5.74, 6) is 17.0. The molecule has 0 aromatic carbocycles. The molecule has 0 aliphatic rings. The van der Waals surface area contributed by atoms with E-state index in [1.807, 2.05) is 0 Å². The molecular formula is C15H9N3. The molecule has 1 rings (SSSR count). The van der Waals surface area contributed by atoms with Crippen molar-refractivity contribution < 1.29 is 0 Å². The highest BCUT2D eigenvalue weighted by Gasteiger charge is 2.00. The van der Waals surface area contributed by atoms with Gasteiger partial charge in [-0.25, -0.2) is 0 Å². The zero-order chi connectivity index (χ0) is 13.2. The lowest BCUT2D eigenvalue weighted by molar-refractivity contribution is 0.977. The first-order valence-electron chi connectivity index (χ1n) is 4.93. The molecule has 3 nitrogen and oxygen atoms in total. The number of hydrogen-bond acceptors (Lipinski definition) is 3. The second-order valence-electron chi connectivity index (χ2n) is 2.73. The highest BCUT2D eigenvalue weighted by atomic mass is 15.0. The van der Waals surface area contributed by atoms with Crippen LogP contribution in [0.4, 0.5) is 0 Å². The summed E-state index contributed by atoms with van der Waals surface area (Å²) in [5, 5.41) is 0. The molecule has 0 aliphatic carbocycles. The Kier molecular flexibility index (Phi) is 5.21. The largest absolute Gasteiger partial charge is 0.210 e. The van der Waals surface area contributed by atoms with Crippen molar-refractivity contribution in [3.63, 3.8) is 0 Å². The molecule has 1 aromatic heterocycles. The van der Waals surface area contributed by atoms with Crippen molar-refractivity contribution in [1.82, 2.24) is 15.0 Å². The van der Waals surface area contributed by atoms with Crippen LogP contribution in [0.2, 0.25) is 0 Å². The van der Waals surface area contributed by atoms with Gasteiger partial charge >= 0.3 is 0 Å². The van der Waals surface area contributed by atoms with Gasteiger partial charge in [-0.3, -0.25) is 0 Å². The Bertz CT molecular complexity index is 557. The third-order valence-electron chi connectivity index (χ3n) is 1.49. The lowest BCUT2D eigenvalue weighted by Crippen LogP contribution is -2.01. The first-order chi connectivity index (χ1) is 8.80. The highest BCUT2D eigenvalue weighted by molar-refractivity contribution is 5.35. The SMILES string of the molecule is C=CC#Cc1nc(C#CC=C)nc(C#CC=C)n1. The van der Waals surface area contributed by atoms with Crippen molar-refractivity contribution in [3.05, 3.63) is 55.4 Å². The van der Waals surface area contributed by atoms with Gasteiger partial charge in [-0.05, 0) is 36.0 Å². The van der Waals surface area contributed by atoms with Crippen LogP contribution in [0.1, 0.15) is 17.5 Å². The molecule has 0 spiro atoms. The maximum Gasteiger partial charge on any atom is 0.210 e. The number of nitrogens with zero attached hydrogens (tertiary/aromatic N) is 3. The molecule has 0 unspecified atom stereocenters. The Morgan fingerprint density at radius 1 is 0.611 bits per heavy atom. The van der Waals surface area contributed by atoms with Crippen molar-refractivity contribution in [1.29, 1.82) is 0 Å². The fraction of sp³-hybridized carbons (Fsp3) is 0. The second-order valence-corrected chi connectivity index (χ2v) is 2.73. The Morgan fingerprint density at radius 2 is 0.889 bits per heavy atom. The molecular weight excluding hydrogens is 222 g/mol. The monoisotopic (exact) mass is 231 g/mol. The predicted molar refractivity (Wildman–Crippen MR) is 71.1 cm³/mol. The van der Waals surface area contributed by atoms with Crippen LogP contribution in [0.5, 0.6) is 0 Å². The maximum atomic E-state index is 4.06. The van der Waals surface area contributed by atoms with Gasteiger partial charge in [0.05, 0.1) is 0 Å². The minimum Gasteiger partial charge on any atom is -0.193 e. The summed E-state index contributed by atoms with van der Waals surface area (Å²) < 4.78 is 0. The molecule has 0 radical (unpaired) electrons. The fourth-order valence-corrected chi connectivity index (χ4v) is 0.890. The summed E-state index contributed by atoms with van der Waals surface area (Å²) in [7, 11) is 0. The molecule has 84 valence electrons. The molecule has 0 fully saturated rings. The van der Waals surface area contributed by atoms with Crippen LogP contribution in [-0.4, -0.2) is 15.0 Å². The van der Waals surface area contributed by atoms with Crippen LogP contribution in [0.25, 0.3) is 0 Å². The highest BCUT2D eigenvalue weighted by Crippen LogP contribution is 1.93. The number of aromatic nitrogens is 3. The van der Waals surface area contributed by atoms with E-state index in [1.54, 1.807) is 0 Å². The van der Waals surface area contributed by atoms with Gasteiger partial charge in [-0.15, -0.1) is 0 Å². The fourth-order valence-electron chi connectivity index (χ4n) is 0.890. The van der Waals surface area contributed by atoms with E-state index in [0.717, 1.165) is 0 Å². The van der Waals surface area contributed by atoms with Crippen LogP contribution >= 0.6 is 0 Å². The normalized spacial score (nSPS) is 7.33. The van der Waals surface area contributed by atoms with Crippen LogP contribution in [0.3, 0.4) is 0 Å². The average molecular weight is 231 g/mol. The van der Waals surface area contributed by atoms with Gasteiger partial charge in [0.25, 0.3) is 0 Å².